The molecule has 1 aliphatic heterocycles. The zero-order valence-corrected chi connectivity index (χ0v) is 20.9. The number of hydrogen-bond donors (Lipinski definition) is 0. The second kappa shape index (κ2) is 9.79. The van der Waals surface area contributed by atoms with Gasteiger partial charge in [0.1, 0.15) is 13.2 Å². The highest BCUT2D eigenvalue weighted by Gasteiger charge is 2.15. The van der Waals surface area contributed by atoms with E-state index in [1.54, 1.807) is 16.8 Å². The highest BCUT2D eigenvalue weighted by molar-refractivity contribution is 7.07. The van der Waals surface area contributed by atoms with Crippen molar-refractivity contribution in [2.45, 2.75) is 20.8 Å². The van der Waals surface area contributed by atoms with Gasteiger partial charge in [-0.05, 0) is 62.7 Å². The van der Waals surface area contributed by atoms with Gasteiger partial charge in [-0.1, -0.05) is 17.7 Å². The van der Waals surface area contributed by atoms with Crippen molar-refractivity contribution in [2.24, 2.45) is 10.1 Å². The Morgan fingerprint density at radius 1 is 1.00 bits per heavy atom. The van der Waals surface area contributed by atoms with E-state index in [0.717, 1.165) is 39.5 Å². The fraction of sp³-hybridized carbons (Fsp3) is 0.185. The predicted octanol–water partition coefficient (Wildman–Crippen LogP) is 6.02. The molecule has 0 aliphatic carbocycles. The van der Waals surface area contributed by atoms with Gasteiger partial charge in [0.05, 0.1) is 22.0 Å². The van der Waals surface area contributed by atoms with Gasteiger partial charge in [0.2, 0.25) is 4.80 Å². The first-order valence-corrected chi connectivity index (χ1v) is 12.3. The summed E-state index contributed by atoms with van der Waals surface area (Å²) < 4.78 is 13.2. The molecule has 0 atom stereocenters. The number of nitrogens with zero attached hydrogens (tertiary/aromatic N) is 4. The Morgan fingerprint density at radius 3 is 2.47 bits per heavy atom. The average Bonchev–Trinajstić information content (AvgIpc) is 3.27. The molecule has 182 valence electrons. The van der Waals surface area contributed by atoms with Crippen LogP contribution in [0, 0.1) is 24.0 Å². The number of nitro benzene ring substituents is 1. The summed E-state index contributed by atoms with van der Waals surface area (Å²) in [6.07, 6.45) is 0. The van der Waals surface area contributed by atoms with Crippen molar-refractivity contribution in [3.05, 3.63) is 97.6 Å². The van der Waals surface area contributed by atoms with E-state index in [-0.39, 0.29) is 5.69 Å². The van der Waals surface area contributed by atoms with Crippen LogP contribution in [0.5, 0.6) is 11.5 Å². The van der Waals surface area contributed by atoms with Gasteiger partial charge >= 0.3 is 0 Å². The first kappa shape index (κ1) is 23.5. The lowest BCUT2D eigenvalue weighted by Crippen LogP contribution is -2.16. The fourth-order valence-corrected chi connectivity index (χ4v) is 4.78. The number of benzene rings is 3. The van der Waals surface area contributed by atoms with Crippen molar-refractivity contribution in [3.63, 3.8) is 0 Å². The van der Waals surface area contributed by atoms with Gasteiger partial charge < -0.3 is 9.47 Å². The van der Waals surface area contributed by atoms with Gasteiger partial charge in [-0.15, -0.1) is 11.3 Å². The van der Waals surface area contributed by atoms with Crippen LogP contribution in [0.4, 0.5) is 11.4 Å². The molecule has 1 aliphatic rings. The van der Waals surface area contributed by atoms with Crippen molar-refractivity contribution in [3.8, 4) is 22.8 Å². The van der Waals surface area contributed by atoms with E-state index in [9.17, 15) is 10.1 Å². The first-order chi connectivity index (χ1) is 17.4. The molecule has 4 aromatic rings. The summed E-state index contributed by atoms with van der Waals surface area (Å²) in [5.41, 5.74) is 6.38. The van der Waals surface area contributed by atoms with E-state index >= 15 is 0 Å². The molecule has 2 heterocycles. The van der Waals surface area contributed by atoms with Crippen LogP contribution >= 0.6 is 11.3 Å². The van der Waals surface area contributed by atoms with Crippen molar-refractivity contribution in [1.29, 1.82) is 0 Å². The zero-order valence-electron chi connectivity index (χ0n) is 20.1. The molecule has 9 heteroatoms. The second-order valence-corrected chi connectivity index (χ2v) is 9.30. The van der Waals surface area contributed by atoms with Crippen LogP contribution in [0.25, 0.3) is 11.3 Å². The third-order valence-corrected chi connectivity index (χ3v) is 6.65. The molecule has 0 amide bonds. The summed E-state index contributed by atoms with van der Waals surface area (Å²) in [6, 6.07) is 18.3. The van der Waals surface area contributed by atoms with Crippen molar-refractivity contribution in [1.82, 2.24) is 4.68 Å². The maximum absolute atomic E-state index is 11.1. The smallest absolute Gasteiger partial charge is 0.269 e. The Kier molecular flexibility index (Phi) is 6.39. The molecule has 5 rings (SSSR count). The minimum Gasteiger partial charge on any atom is -0.486 e. The number of rotatable bonds is 5. The minimum atomic E-state index is -0.406. The summed E-state index contributed by atoms with van der Waals surface area (Å²) in [4.78, 5) is 16.3. The number of hydrogen-bond acceptors (Lipinski definition) is 7. The van der Waals surface area contributed by atoms with Crippen LogP contribution in [0.2, 0.25) is 0 Å². The van der Waals surface area contributed by atoms with E-state index in [4.69, 9.17) is 19.6 Å². The van der Waals surface area contributed by atoms with E-state index < -0.39 is 4.92 Å². The summed E-state index contributed by atoms with van der Waals surface area (Å²) in [5, 5.41) is 18.0. The van der Waals surface area contributed by atoms with E-state index in [0.29, 0.717) is 23.8 Å². The van der Waals surface area contributed by atoms with Gasteiger partial charge in [-0.25, -0.2) is 9.67 Å². The highest BCUT2D eigenvalue weighted by Crippen LogP contribution is 2.31. The molecule has 0 N–H and O–H groups in total. The number of aryl methyl sites for hydroxylation is 2. The molecule has 0 spiro atoms. The normalized spacial score (nSPS) is 13.6. The number of non-ortho nitro benzene ring substituents is 1. The molecule has 3 aromatic carbocycles. The average molecular weight is 501 g/mol. The Hall–Kier alpha value is -4.24. The maximum atomic E-state index is 11.1. The largest absolute Gasteiger partial charge is 0.486 e. The second-order valence-electron chi connectivity index (χ2n) is 8.46. The Bertz CT molecular complexity index is 1550. The lowest BCUT2D eigenvalue weighted by molar-refractivity contribution is -0.384. The van der Waals surface area contributed by atoms with E-state index in [1.807, 2.05) is 49.6 Å². The van der Waals surface area contributed by atoms with Crippen LogP contribution in [0.1, 0.15) is 23.6 Å². The standard InChI is InChI=1S/C27H24N4O4S/c1-17-4-10-23(18(2)14-17)28-27-30(24(16-36-27)20-5-8-22(9-6-20)31(32)33)29-19(3)21-7-11-25-26(15-21)35-13-12-34-25/h4-11,14-16H,12-13H2,1-3H3. The number of aromatic nitrogens is 1. The summed E-state index contributed by atoms with van der Waals surface area (Å²) in [6.45, 7) is 7.05. The third kappa shape index (κ3) is 4.78. The molecular weight excluding hydrogens is 476 g/mol. The monoisotopic (exact) mass is 500 g/mol. The number of nitro groups is 1. The first-order valence-electron chi connectivity index (χ1n) is 11.4. The predicted molar refractivity (Wildman–Crippen MR) is 141 cm³/mol. The van der Waals surface area contributed by atoms with Gasteiger partial charge in [0.15, 0.2) is 11.5 Å². The van der Waals surface area contributed by atoms with Gasteiger partial charge in [-0.3, -0.25) is 10.1 Å². The van der Waals surface area contributed by atoms with Gasteiger partial charge in [0.25, 0.3) is 5.69 Å². The summed E-state index contributed by atoms with van der Waals surface area (Å²) in [7, 11) is 0. The van der Waals surface area contributed by atoms with Crippen LogP contribution < -0.4 is 14.3 Å². The SMILES string of the molecule is CC(=Nn1c(-c2ccc([N+](=O)[O-])cc2)csc1=Nc1ccc(C)cc1C)c1ccc2c(c1)OCCO2. The van der Waals surface area contributed by atoms with Crippen molar-refractivity contribution in [2.75, 3.05) is 13.2 Å². The molecule has 1 aromatic heterocycles. The van der Waals surface area contributed by atoms with Crippen molar-refractivity contribution >= 4 is 28.4 Å². The molecule has 0 fully saturated rings. The molecule has 0 unspecified atom stereocenters. The Morgan fingerprint density at radius 2 is 1.75 bits per heavy atom. The molecule has 0 radical (unpaired) electrons. The molecule has 8 nitrogen and oxygen atoms in total. The molecule has 0 saturated carbocycles. The lowest BCUT2D eigenvalue weighted by atomic mass is 10.1. The Balaban J connectivity index is 1.64. The summed E-state index contributed by atoms with van der Waals surface area (Å²) in [5.74, 6) is 1.41. The topological polar surface area (TPSA) is 91.2 Å². The molecule has 0 bridgehead atoms. The summed E-state index contributed by atoms with van der Waals surface area (Å²) >= 11 is 1.46. The molecule has 36 heavy (non-hydrogen) atoms. The van der Waals surface area contributed by atoms with Crippen LogP contribution in [0.15, 0.2) is 76.1 Å². The fourth-order valence-electron chi connectivity index (χ4n) is 3.94. The number of ether oxygens (including phenoxy) is 2. The van der Waals surface area contributed by atoms with E-state index in [2.05, 4.69) is 13.0 Å². The minimum absolute atomic E-state index is 0.0386. The lowest BCUT2D eigenvalue weighted by Gasteiger charge is -2.18. The molecule has 0 saturated heterocycles. The number of thiazole rings is 1. The Labute approximate surface area is 211 Å². The number of fused-ring (bicyclic) bond motifs is 1. The molecular formula is C27H24N4O4S. The quantitative estimate of drug-likeness (QED) is 0.190. The van der Waals surface area contributed by atoms with Crippen LogP contribution in [-0.4, -0.2) is 28.5 Å². The van der Waals surface area contributed by atoms with Gasteiger partial charge in [0, 0.05) is 28.6 Å². The van der Waals surface area contributed by atoms with Crippen LogP contribution in [0.3, 0.4) is 0 Å². The third-order valence-electron chi connectivity index (χ3n) is 5.84. The van der Waals surface area contributed by atoms with E-state index in [1.165, 1.54) is 29.0 Å². The van der Waals surface area contributed by atoms with Gasteiger partial charge in [-0.2, -0.15) is 5.10 Å². The van der Waals surface area contributed by atoms with Crippen molar-refractivity contribution < 1.29 is 14.4 Å². The highest BCUT2D eigenvalue weighted by atomic mass is 32.1. The zero-order chi connectivity index (χ0) is 25.2. The van der Waals surface area contributed by atoms with Crippen LogP contribution in [-0.2, 0) is 0 Å². The maximum Gasteiger partial charge on any atom is 0.269 e.